The Bertz CT molecular complexity index is 1800. The van der Waals surface area contributed by atoms with Crippen LogP contribution in [0.25, 0.3) is 33.5 Å². The number of pyridine rings is 2. The summed E-state index contributed by atoms with van der Waals surface area (Å²) in [6.45, 7) is 8.23. The zero-order chi connectivity index (χ0) is 31.9. The van der Waals surface area contributed by atoms with Gasteiger partial charge in [-0.1, -0.05) is 55.5 Å². The molecule has 14 heteroatoms. The van der Waals surface area contributed by atoms with Gasteiger partial charge in [0.15, 0.2) is 17.6 Å². The Hall–Kier alpha value is -2.91. The first kappa shape index (κ1) is 32.0. The van der Waals surface area contributed by atoms with Gasteiger partial charge in [-0.15, -0.1) is 0 Å². The molecule has 240 valence electrons. The minimum Gasteiger partial charge on any atom is -0.456 e. The Balaban J connectivity index is 1.29. The van der Waals surface area contributed by atoms with E-state index in [1.54, 1.807) is 30.8 Å². The van der Waals surface area contributed by atoms with Crippen molar-refractivity contribution in [2.45, 2.75) is 56.8 Å². The van der Waals surface area contributed by atoms with Crippen LogP contribution in [0.15, 0.2) is 53.0 Å². The number of halogens is 1. The first-order valence-electron chi connectivity index (χ1n) is 14.8. The second kappa shape index (κ2) is 12.7. The monoisotopic (exact) mass is 671 g/mol. The maximum atomic E-state index is 12.0. The molecule has 6 rings (SSSR count). The van der Waals surface area contributed by atoms with Crippen molar-refractivity contribution in [3.8, 4) is 28.4 Å². The summed E-state index contributed by atoms with van der Waals surface area (Å²) in [5.41, 5.74) is 4.45. The van der Waals surface area contributed by atoms with Crippen LogP contribution in [0.2, 0.25) is 30.7 Å². The van der Waals surface area contributed by atoms with Crippen molar-refractivity contribution in [1.29, 1.82) is 0 Å². The molecule has 1 aromatic carbocycles. The van der Waals surface area contributed by atoms with Crippen LogP contribution in [0.4, 0.5) is 5.82 Å². The average molecular weight is 672 g/mol. The molecule has 1 N–H and O–H groups in total. The summed E-state index contributed by atoms with van der Waals surface area (Å²) in [7, 11) is -3.58. The Morgan fingerprint density at radius 1 is 1.04 bits per heavy atom. The van der Waals surface area contributed by atoms with Gasteiger partial charge in [0.05, 0.1) is 23.9 Å². The van der Waals surface area contributed by atoms with Gasteiger partial charge in [-0.2, -0.15) is 9.35 Å². The maximum absolute atomic E-state index is 12.0. The topological polar surface area (TPSA) is 130 Å². The van der Waals surface area contributed by atoms with Crippen molar-refractivity contribution in [3.63, 3.8) is 0 Å². The summed E-state index contributed by atoms with van der Waals surface area (Å²) in [6, 6.07) is 14.7. The molecule has 2 saturated heterocycles. The zero-order valence-electron chi connectivity index (χ0n) is 26.0. The highest BCUT2D eigenvalue weighted by molar-refractivity contribution is 7.92. The van der Waals surface area contributed by atoms with Gasteiger partial charge in [-0.3, -0.25) is 4.57 Å². The van der Waals surface area contributed by atoms with E-state index < -0.39 is 36.1 Å². The van der Waals surface area contributed by atoms with Crippen LogP contribution in [0.5, 0.6) is 6.01 Å². The van der Waals surface area contributed by atoms with Gasteiger partial charge in [-0.05, 0) is 29.8 Å². The molecule has 0 unspecified atom stereocenters. The fourth-order valence-corrected chi connectivity index (χ4v) is 6.85. The van der Waals surface area contributed by atoms with Gasteiger partial charge in [0.1, 0.15) is 30.6 Å². The minimum atomic E-state index is -2.28. The number of hydrogen-bond donors (Lipinski definition) is 1. The van der Waals surface area contributed by atoms with E-state index in [-0.39, 0.29) is 26.0 Å². The Kier molecular flexibility index (Phi) is 9.05. The smallest absolute Gasteiger partial charge is 0.301 e. The van der Waals surface area contributed by atoms with E-state index in [1.165, 1.54) is 0 Å². The number of hydrogen-bond acceptors (Lipinski definition) is 10. The lowest BCUT2D eigenvalue weighted by Crippen LogP contribution is -2.35. The summed E-state index contributed by atoms with van der Waals surface area (Å²) >= 11 is 6.77. The van der Waals surface area contributed by atoms with Gasteiger partial charge in [0.25, 0.3) is 0 Å². The normalized spacial score (nSPS) is 21.8. The number of aromatic nitrogens is 4. The highest BCUT2D eigenvalue weighted by Crippen LogP contribution is 2.35. The van der Waals surface area contributed by atoms with Crippen molar-refractivity contribution in [2.75, 3.05) is 32.3 Å². The Morgan fingerprint density at radius 2 is 1.76 bits per heavy atom. The van der Waals surface area contributed by atoms with Crippen molar-refractivity contribution < 1.29 is 28.3 Å². The predicted molar refractivity (Wildman–Crippen MR) is 177 cm³/mol. The largest absolute Gasteiger partial charge is 0.456 e. The quantitative estimate of drug-likeness (QED) is 0.174. The lowest BCUT2D eigenvalue weighted by molar-refractivity contribution is 0.00336. The molecule has 0 saturated carbocycles. The lowest BCUT2D eigenvalue weighted by Gasteiger charge is -2.19. The van der Waals surface area contributed by atoms with E-state index in [2.05, 4.69) is 29.0 Å². The highest BCUT2D eigenvalue weighted by atomic mass is 35.5. The number of ether oxygens (including phenoxy) is 4. The van der Waals surface area contributed by atoms with Gasteiger partial charge >= 0.3 is 6.01 Å². The zero-order valence-corrected chi connectivity index (χ0v) is 28.5. The number of rotatable bonds is 10. The summed E-state index contributed by atoms with van der Waals surface area (Å²) in [5.74, 6) is 0.438. The number of aliphatic hydroxyl groups is 1. The molecule has 0 aliphatic carbocycles. The summed E-state index contributed by atoms with van der Waals surface area (Å²) in [5, 5.41) is 10.6. The minimum absolute atomic E-state index is 0.203. The second-order valence-electron chi connectivity index (χ2n) is 12.9. The van der Waals surface area contributed by atoms with Crippen molar-refractivity contribution >= 4 is 46.4 Å². The van der Waals surface area contributed by atoms with Crippen molar-refractivity contribution in [2.24, 2.45) is 4.36 Å². The molecule has 2 aliphatic rings. The number of aliphatic hydroxyl groups excluding tert-OH is 1. The fraction of sp³-hybridized carbons (Fsp3) is 0.452. The second-order valence-corrected chi connectivity index (χ2v) is 21.5. The molecule has 4 aromatic rings. The van der Waals surface area contributed by atoms with Crippen LogP contribution in [0, 0.1) is 0 Å². The van der Waals surface area contributed by atoms with Crippen LogP contribution >= 0.6 is 11.6 Å². The van der Waals surface area contributed by atoms with Crippen LogP contribution in [0.3, 0.4) is 0 Å². The Labute approximate surface area is 269 Å². The molecule has 4 atom stereocenters. The van der Waals surface area contributed by atoms with E-state index in [9.17, 15) is 9.32 Å². The number of imidazole rings is 1. The van der Waals surface area contributed by atoms with Crippen LogP contribution in [-0.4, -0.2) is 93.7 Å². The van der Waals surface area contributed by atoms with Crippen molar-refractivity contribution in [3.05, 3.63) is 53.7 Å². The molecule has 0 bridgehead atoms. The highest BCUT2D eigenvalue weighted by Gasteiger charge is 2.49. The van der Waals surface area contributed by atoms with Crippen molar-refractivity contribution in [1.82, 2.24) is 19.5 Å². The number of nitrogens with zero attached hydrogens (tertiary/aromatic N) is 5. The van der Waals surface area contributed by atoms with E-state index in [1.807, 2.05) is 34.9 Å². The van der Waals surface area contributed by atoms with E-state index >= 15 is 0 Å². The molecule has 11 nitrogen and oxygen atoms in total. The molecule has 0 spiro atoms. The van der Waals surface area contributed by atoms with Gasteiger partial charge in [-0.25, -0.2) is 14.2 Å². The lowest BCUT2D eigenvalue weighted by atomic mass is 10.0. The van der Waals surface area contributed by atoms with Crippen LogP contribution in [-0.2, 0) is 30.7 Å². The molecule has 0 radical (unpaired) electrons. The number of fused-ring (bicyclic) bond motifs is 2. The molecular weight excluding hydrogens is 634 g/mol. The molecule has 2 fully saturated rings. The van der Waals surface area contributed by atoms with Gasteiger partial charge in [0.2, 0.25) is 0 Å². The maximum Gasteiger partial charge on any atom is 0.301 e. The molecule has 2 aliphatic heterocycles. The van der Waals surface area contributed by atoms with Gasteiger partial charge in [0, 0.05) is 54.2 Å². The summed E-state index contributed by atoms with van der Waals surface area (Å²) in [4.78, 5) is 14.0. The third-order valence-electron chi connectivity index (χ3n) is 7.65. The SMILES string of the molecule is C[Si](C)(C)CCOCn1c(O[C@@H]2CO[C@H]3[C@@H]2OC[C@H]3O)nc2cc(Cl)c(-c3ccc(-c4ccc(N=S(C)(C)=O)nc4)cc3)nc21. The molecular formula is C31H38ClN5O6SSi. The Morgan fingerprint density at radius 3 is 2.44 bits per heavy atom. The summed E-state index contributed by atoms with van der Waals surface area (Å²) in [6.07, 6.45) is 2.96. The number of benzene rings is 1. The first-order valence-corrected chi connectivity index (χ1v) is 21.2. The standard InChI is InChI=1S/C31H38ClN5O6SSi/c1-44(2,39)36-26-11-10-21(15-33-26)19-6-8-20(9-7-19)27-22(32)14-23-30(35-27)37(18-40-12-13-45(3,4)5)31(34-23)43-25-17-42-28-24(38)16-41-29(25)28/h6-11,14-15,24-25,28-29,38H,12-13,16-18H2,1-5H3/t24-,25-,28-,29-/m1/s1. The van der Waals surface area contributed by atoms with E-state index in [4.69, 9.17) is 40.5 Å². The third kappa shape index (κ3) is 7.40. The van der Waals surface area contributed by atoms with E-state index in [0.717, 1.165) is 22.7 Å². The predicted octanol–water partition coefficient (Wildman–Crippen LogP) is 5.39. The average Bonchev–Trinajstić information content (AvgIpc) is 3.65. The molecule has 45 heavy (non-hydrogen) atoms. The fourth-order valence-electron chi connectivity index (χ4n) is 5.28. The van der Waals surface area contributed by atoms with E-state index in [0.29, 0.717) is 40.3 Å². The van der Waals surface area contributed by atoms with Crippen LogP contribution in [0.1, 0.15) is 0 Å². The summed E-state index contributed by atoms with van der Waals surface area (Å²) < 4.78 is 41.9. The van der Waals surface area contributed by atoms with Crippen LogP contribution < -0.4 is 4.74 Å². The third-order valence-corrected chi connectivity index (χ3v) is 10.3. The van der Waals surface area contributed by atoms with Gasteiger partial charge < -0.3 is 24.1 Å². The molecule has 0 amide bonds. The molecule has 5 heterocycles. The molecule has 3 aromatic heterocycles. The first-order chi connectivity index (χ1) is 21.3.